The quantitative estimate of drug-likeness (QED) is 0.932. The first kappa shape index (κ1) is 14.4. The molecule has 0 aromatic heterocycles. The fraction of sp³-hybridized carbons (Fsp3) is 0.250. The molecule has 1 heterocycles. The van der Waals surface area contributed by atoms with Crippen LogP contribution in [0.15, 0.2) is 47.4 Å². The Morgan fingerprint density at radius 3 is 2.86 bits per heavy atom. The molecule has 0 spiro atoms. The van der Waals surface area contributed by atoms with Crippen LogP contribution in [0.3, 0.4) is 0 Å². The van der Waals surface area contributed by atoms with Crippen LogP contribution >= 0.6 is 11.8 Å². The number of nitrogens with one attached hydrogen (secondary N) is 1. The van der Waals surface area contributed by atoms with Crippen molar-refractivity contribution in [2.75, 3.05) is 12.8 Å². The van der Waals surface area contributed by atoms with E-state index >= 15 is 0 Å². The van der Waals surface area contributed by atoms with Gasteiger partial charge in [-0.25, -0.2) is 8.78 Å². The average Bonchev–Trinajstić information content (AvgIpc) is 2.51. The lowest BCUT2D eigenvalue weighted by atomic mass is 10.0. The largest absolute Gasteiger partial charge is 0.486 e. The molecule has 2 unspecified atom stereocenters. The van der Waals surface area contributed by atoms with Gasteiger partial charge >= 0.3 is 0 Å². The Labute approximate surface area is 126 Å². The summed E-state index contributed by atoms with van der Waals surface area (Å²) in [5.74, 6) is 0.591. The molecule has 1 aliphatic rings. The van der Waals surface area contributed by atoms with Crippen molar-refractivity contribution in [2.24, 2.45) is 0 Å². The second kappa shape index (κ2) is 6.03. The molecule has 1 N–H and O–H groups in total. The SMILES string of the molecule is CNC(c1cc(F)ccc1F)C1CSc2ccccc2O1. The molecule has 5 heteroatoms. The Morgan fingerprint density at radius 2 is 2.05 bits per heavy atom. The van der Waals surface area contributed by atoms with Crippen LogP contribution in [-0.4, -0.2) is 18.9 Å². The highest BCUT2D eigenvalue weighted by atomic mass is 32.2. The Morgan fingerprint density at radius 1 is 1.24 bits per heavy atom. The van der Waals surface area contributed by atoms with E-state index in [9.17, 15) is 8.78 Å². The van der Waals surface area contributed by atoms with E-state index in [2.05, 4.69) is 5.32 Å². The molecule has 3 rings (SSSR count). The van der Waals surface area contributed by atoms with E-state index in [1.807, 2.05) is 24.3 Å². The number of ether oxygens (including phenoxy) is 1. The minimum atomic E-state index is -0.449. The molecule has 1 aliphatic heterocycles. The van der Waals surface area contributed by atoms with Gasteiger partial charge < -0.3 is 10.1 Å². The van der Waals surface area contributed by atoms with Crippen LogP contribution in [-0.2, 0) is 0 Å². The number of hydrogen-bond donors (Lipinski definition) is 1. The van der Waals surface area contributed by atoms with Gasteiger partial charge in [-0.05, 0) is 37.4 Å². The van der Waals surface area contributed by atoms with E-state index in [1.165, 1.54) is 6.07 Å². The smallest absolute Gasteiger partial charge is 0.133 e. The van der Waals surface area contributed by atoms with Crippen molar-refractivity contribution >= 4 is 11.8 Å². The van der Waals surface area contributed by atoms with Gasteiger partial charge in [0.2, 0.25) is 0 Å². The van der Waals surface area contributed by atoms with Crippen LogP contribution in [0.1, 0.15) is 11.6 Å². The monoisotopic (exact) mass is 307 g/mol. The van der Waals surface area contributed by atoms with Crippen LogP contribution in [0.2, 0.25) is 0 Å². The van der Waals surface area contributed by atoms with Gasteiger partial charge in [-0.1, -0.05) is 12.1 Å². The van der Waals surface area contributed by atoms with E-state index in [0.717, 1.165) is 22.8 Å². The zero-order valence-electron chi connectivity index (χ0n) is 11.5. The standard InChI is InChI=1S/C16H15F2NOS/c1-19-16(11-8-10(17)6-7-12(11)18)14-9-21-15-5-3-2-4-13(15)20-14/h2-8,14,16,19H,9H2,1H3. The third-order valence-electron chi connectivity index (χ3n) is 3.51. The fourth-order valence-corrected chi connectivity index (χ4v) is 3.53. The maximum absolute atomic E-state index is 14.0. The zero-order valence-corrected chi connectivity index (χ0v) is 12.3. The molecule has 110 valence electrons. The molecule has 2 atom stereocenters. The molecule has 0 radical (unpaired) electrons. The van der Waals surface area contributed by atoms with E-state index < -0.39 is 17.7 Å². The van der Waals surface area contributed by atoms with Gasteiger partial charge in [-0.2, -0.15) is 0 Å². The molecule has 0 amide bonds. The molecule has 2 aromatic carbocycles. The maximum Gasteiger partial charge on any atom is 0.133 e. The van der Waals surface area contributed by atoms with Crippen LogP contribution in [0.25, 0.3) is 0 Å². The molecule has 21 heavy (non-hydrogen) atoms. The lowest BCUT2D eigenvalue weighted by Gasteiger charge is -2.32. The minimum Gasteiger partial charge on any atom is -0.486 e. The summed E-state index contributed by atoms with van der Waals surface area (Å²) in [7, 11) is 1.73. The summed E-state index contributed by atoms with van der Waals surface area (Å²) in [5, 5.41) is 3.04. The predicted molar refractivity (Wildman–Crippen MR) is 79.7 cm³/mol. The van der Waals surface area contributed by atoms with Crippen molar-refractivity contribution in [3.63, 3.8) is 0 Å². The van der Waals surface area contributed by atoms with E-state index in [1.54, 1.807) is 18.8 Å². The third kappa shape index (κ3) is 2.89. The molecule has 2 aromatic rings. The van der Waals surface area contributed by atoms with Crippen LogP contribution in [0.5, 0.6) is 5.75 Å². The van der Waals surface area contributed by atoms with Crippen molar-refractivity contribution in [3.05, 3.63) is 59.7 Å². The molecular formula is C16H15F2NOS. The van der Waals surface area contributed by atoms with Crippen molar-refractivity contribution in [1.29, 1.82) is 0 Å². The Kier molecular flexibility index (Phi) is 4.12. The van der Waals surface area contributed by atoms with Gasteiger partial charge in [0, 0.05) is 16.2 Å². The maximum atomic E-state index is 14.0. The van der Waals surface area contributed by atoms with Crippen molar-refractivity contribution in [1.82, 2.24) is 5.32 Å². The number of benzene rings is 2. The third-order valence-corrected chi connectivity index (χ3v) is 4.65. The average molecular weight is 307 g/mol. The minimum absolute atomic E-state index is 0.258. The highest BCUT2D eigenvalue weighted by Gasteiger charge is 2.30. The van der Waals surface area contributed by atoms with Gasteiger partial charge in [0.1, 0.15) is 23.5 Å². The van der Waals surface area contributed by atoms with Gasteiger partial charge in [-0.3, -0.25) is 0 Å². The normalized spacial score (nSPS) is 18.7. The van der Waals surface area contributed by atoms with E-state index in [0.29, 0.717) is 11.3 Å². The first-order chi connectivity index (χ1) is 10.2. The summed E-state index contributed by atoms with van der Waals surface area (Å²) >= 11 is 1.66. The second-order valence-electron chi connectivity index (χ2n) is 4.85. The summed E-state index contributed by atoms with van der Waals surface area (Å²) in [5.41, 5.74) is 0.294. The van der Waals surface area contributed by atoms with Crippen LogP contribution < -0.4 is 10.1 Å². The number of fused-ring (bicyclic) bond motifs is 1. The van der Waals surface area contributed by atoms with Crippen LogP contribution in [0, 0.1) is 11.6 Å². The molecule has 0 aliphatic carbocycles. The molecule has 0 bridgehead atoms. The second-order valence-corrected chi connectivity index (χ2v) is 5.91. The fourth-order valence-electron chi connectivity index (χ4n) is 2.49. The Hall–Kier alpha value is -1.59. The van der Waals surface area contributed by atoms with Gasteiger partial charge in [0.25, 0.3) is 0 Å². The molecular weight excluding hydrogens is 292 g/mol. The predicted octanol–water partition coefficient (Wildman–Crippen LogP) is 3.78. The van der Waals surface area contributed by atoms with Gasteiger partial charge in [0.15, 0.2) is 0 Å². The Bertz CT molecular complexity index is 650. The summed E-state index contributed by atoms with van der Waals surface area (Å²) in [6.07, 6.45) is -0.258. The number of rotatable bonds is 3. The first-order valence-corrected chi connectivity index (χ1v) is 7.68. The molecule has 0 saturated carbocycles. The number of halogens is 2. The van der Waals surface area contributed by atoms with E-state index in [4.69, 9.17) is 4.74 Å². The number of likely N-dealkylation sites (N-methyl/N-ethyl adjacent to an activating group) is 1. The first-order valence-electron chi connectivity index (χ1n) is 6.69. The summed E-state index contributed by atoms with van der Waals surface area (Å²) in [4.78, 5) is 1.07. The summed E-state index contributed by atoms with van der Waals surface area (Å²) in [6, 6.07) is 10.8. The van der Waals surface area contributed by atoms with Crippen molar-refractivity contribution in [2.45, 2.75) is 17.0 Å². The lowest BCUT2D eigenvalue weighted by molar-refractivity contribution is 0.168. The van der Waals surface area contributed by atoms with E-state index in [-0.39, 0.29) is 6.10 Å². The number of para-hydroxylation sites is 1. The molecule has 0 fully saturated rings. The van der Waals surface area contributed by atoms with Crippen molar-refractivity contribution < 1.29 is 13.5 Å². The number of thioether (sulfide) groups is 1. The van der Waals surface area contributed by atoms with Gasteiger partial charge in [-0.15, -0.1) is 11.8 Å². The Balaban J connectivity index is 1.90. The highest BCUT2D eigenvalue weighted by molar-refractivity contribution is 7.99. The molecule has 0 saturated heterocycles. The summed E-state index contributed by atoms with van der Waals surface area (Å²) < 4.78 is 33.4. The highest BCUT2D eigenvalue weighted by Crippen LogP contribution is 2.38. The topological polar surface area (TPSA) is 21.3 Å². The number of hydrogen-bond acceptors (Lipinski definition) is 3. The lowest BCUT2D eigenvalue weighted by Crippen LogP contribution is -2.38. The summed E-state index contributed by atoms with van der Waals surface area (Å²) in [6.45, 7) is 0. The van der Waals surface area contributed by atoms with Gasteiger partial charge in [0.05, 0.1) is 6.04 Å². The van der Waals surface area contributed by atoms with Crippen LogP contribution in [0.4, 0.5) is 8.78 Å². The zero-order chi connectivity index (χ0) is 14.8. The van der Waals surface area contributed by atoms with Crippen molar-refractivity contribution in [3.8, 4) is 5.75 Å². The molecule has 2 nitrogen and oxygen atoms in total.